The van der Waals surface area contributed by atoms with Crippen LogP contribution in [0.4, 0.5) is 5.00 Å². The van der Waals surface area contributed by atoms with Crippen LogP contribution in [0.1, 0.15) is 61.7 Å². The van der Waals surface area contributed by atoms with Crippen molar-refractivity contribution in [2.24, 2.45) is 5.73 Å². The number of primary amides is 1. The molecule has 29 heavy (non-hydrogen) atoms. The summed E-state index contributed by atoms with van der Waals surface area (Å²) in [6, 6.07) is 7.89. The SMILES string of the molecule is Cc1ccccc1-n1ncc(C(=O)Nc2sc3c(c2C(N)=O)CCCCC3)c1C. The number of thiophene rings is 1. The van der Waals surface area contributed by atoms with Gasteiger partial charge in [-0.25, -0.2) is 4.68 Å². The Morgan fingerprint density at radius 1 is 1.14 bits per heavy atom. The minimum absolute atomic E-state index is 0.277. The van der Waals surface area contributed by atoms with Crippen molar-refractivity contribution < 1.29 is 9.59 Å². The van der Waals surface area contributed by atoms with Crippen LogP contribution in [0.25, 0.3) is 5.69 Å². The minimum Gasteiger partial charge on any atom is -0.365 e. The third-order valence-electron chi connectivity index (χ3n) is 5.49. The molecule has 1 aliphatic carbocycles. The molecule has 0 saturated carbocycles. The molecule has 6 nitrogen and oxygen atoms in total. The third kappa shape index (κ3) is 3.58. The molecule has 0 unspecified atom stereocenters. The normalized spacial score (nSPS) is 13.6. The fraction of sp³-hybridized carbons (Fsp3) is 0.318. The zero-order valence-corrected chi connectivity index (χ0v) is 17.4. The van der Waals surface area contributed by atoms with Gasteiger partial charge in [-0.1, -0.05) is 24.6 Å². The maximum absolute atomic E-state index is 13.0. The van der Waals surface area contributed by atoms with Crippen LogP contribution in [0.15, 0.2) is 30.5 Å². The molecule has 150 valence electrons. The lowest BCUT2D eigenvalue weighted by atomic mass is 10.1. The molecule has 0 saturated heterocycles. The molecule has 1 aromatic carbocycles. The quantitative estimate of drug-likeness (QED) is 0.635. The van der Waals surface area contributed by atoms with Crippen molar-refractivity contribution in [3.8, 4) is 5.69 Å². The van der Waals surface area contributed by atoms with Crippen molar-refractivity contribution in [1.82, 2.24) is 9.78 Å². The number of nitrogens with one attached hydrogen (secondary N) is 1. The Labute approximate surface area is 173 Å². The van der Waals surface area contributed by atoms with Gasteiger partial charge in [0.25, 0.3) is 11.8 Å². The molecule has 0 aliphatic heterocycles. The Bertz CT molecular complexity index is 1100. The Kier molecular flexibility index (Phi) is 5.24. The average Bonchev–Trinajstić information content (AvgIpc) is 3.14. The second-order valence-corrected chi connectivity index (χ2v) is 8.53. The molecule has 0 spiro atoms. The van der Waals surface area contributed by atoms with Gasteiger partial charge in [0.1, 0.15) is 5.00 Å². The zero-order valence-electron chi connectivity index (χ0n) is 16.6. The highest BCUT2D eigenvalue weighted by Crippen LogP contribution is 2.37. The van der Waals surface area contributed by atoms with Gasteiger partial charge in [0, 0.05) is 4.88 Å². The smallest absolute Gasteiger partial charge is 0.259 e. The fourth-order valence-electron chi connectivity index (χ4n) is 3.94. The van der Waals surface area contributed by atoms with Crippen LogP contribution >= 0.6 is 11.3 Å². The van der Waals surface area contributed by atoms with E-state index in [0.29, 0.717) is 16.1 Å². The Morgan fingerprint density at radius 3 is 2.66 bits per heavy atom. The zero-order chi connectivity index (χ0) is 20.5. The molecule has 4 rings (SSSR count). The molecular weight excluding hydrogens is 384 g/mol. The molecule has 7 heteroatoms. The number of anilines is 1. The van der Waals surface area contributed by atoms with Gasteiger partial charge in [-0.15, -0.1) is 11.3 Å². The van der Waals surface area contributed by atoms with Crippen molar-refractivity contribution in [2.45, 2.75) is 46.0 Å². The molecule has 3 aromatic rings. The van der Waals surface area contributed by atoms with Crippen molar-refractivity contribution in [1.29, 1.82) is 0 Å². The van der Waals surface area contributed by atoms with Crippen LogP contribution in [0.3, 0.4) is 0 Å². The monoisotopic (exact) mass is 408 g/mol. The second-order valence-electron chi connectivity index (χ2n) is 7.43. The van der Waals surface area contributed by atoms with Gasteiger partial charge in [-0.2, -0.15) is 5.10 Å². The van der Waals surface area contributed by atoms with Crippen LogP contribution in [0, 0.1) is 13.8 Å². The van der Waals surface area contributed by atoms with Gasteiger partial charge in [0.05, 0.1) is 28.7 Å². The molecule has 3 N–H and O–H groups in total. The second kappa shape index (κ2) is 7.83. The highest BCUT2D eigenvalue weighted by molar-refractivity contribution is 7.17. The molecule has 0 radical (unpaired) electrons. The molecule has 0 atom stereocenters. The highest BCUT2D eigenvalue weighted by atomic mass is 32.1. The average molecular weight is 409 g/mol. The lowest BCUT2D eigenvalue weighted by Gasteiger charge is -2.09. The van der Waals surface area contributed by atoms with Gasteiger partial charge in [0.15, 0.2) is 0 Å². The van der Waals surface area contributed by atoms with Gasteiger partial charge in [-0.3, -0.25) is 9.59 Å². The van der Waals surface area contributed by atoms with E-state index < -0.39 is 5.91 Å². The largest absolute Gasteiger partial charge is 0.365 e. The van der Waals surface area contributed by atoms with E-state index in [2.05, 4.69) is 10.4 Å². The van der Waals surface area contributed by atoms with Crippen molar-refractivity contribution in [3.05, 3.63) is 63.3 Å². The number of benzene rings is 1. The van der Waals surface area contributed by atoms with Crippen molar-refractivity contribution in [2.75, 3.05) is 5.32 Å². The van der Waals surface area contributed by atoms with Crippen LogP contribution in [-0.2, 0) is 12.8 Å². The summed E-state index contributed by atoms with van der Waals surface area (Å²) in [4.78, 5) is 26.3. The van der Waals surface area contributed by atoms with E-state index in [0.717, 1.165) is 54.6 Å². The Hall–Kier alpha value is -2.93. The minimum atomic E-state index is -0.480. The predicted molar refractivity (Wildman–Crippen MR) is 115 cm³/mol. The highest BCUT2D eigenvalue weighted by Gasteiger charge is 2.25. The number of hydrogen-bond acceptors (Lipinski definition) is 4. The fourth-order valence-corrected chi connectivity index (χ4v) is 5.23. The lowest BCUT2D eigenvalue weighted by Crippen LogP contribution is -2.18. The molecular formula is C22H24N4O2S. The maximum Gasteiger partial charge on any atom is 0.259 e. The molecule has 2 aromatic heterocycles. The van der Waals surface area contributed by atoms with E-state index in [9.17, 15) is 9.59 Å². The number of aromatic nitrogens is 2. The van der Waals surface area contributed by atoms with Gasteiger partial charge in [-0.05, 0) is 56.7 Å². The number of hydrogen-bond donors (Lipinski definition) is 2. The molecule has 0 fully saturated rings. The number of nitrogens with zero attached hydrogens (tertiary/aromatic N) is 2. The van der Waals surface area contributed by atoms with E-state index in [1.165, 1.54) is 16.2 Å². The first kappa shape index (κ1) is 19.4. The topological polar surface area (TPSA) is 90.0 Å². The summed E-state index contributed by atoms with van der Waals surface area (Å²) in [6.07, 6.45) is 6.63. The summed E-state index contributed by atoms with van der Waals surface area (Å²) < 4.78 is 1.77. The van der Waals surface area contributed by atoms with Gasteiger partial charge < -0.3 is 11.1 Å². The number of amides is 2. The number of para-hydroxylation sites is 1. The number of carbonyl (C=O) groups is 2. The molecule has 0 bridgehead atoms. The van der Waals surface area contributed by atoms with E-state index in [-0.39, 0.29) is 5.91 Å². The van der Waals surface area contributed by atoms with E-state index in [1.54, 1.807) is 10.9 Å². The summed E-state index contributed by atoms with van der Waals surface area (Å²) in [6.45, 7) is 3.88. The van der Waals surface area contributed by atoms with E-state index in [4.69, 9.17) is 5.73 Å². The first-order chi connectivity index (χ1) is 14.0. The summed E-state index contributed by atoms with van der Waals surface area (Å²) in [5, 5.41) is 7.90. The number of carbonyl (C=O) groups excluding carboxylic acids is 2. The first-order valence-corrected chi connectivity index (χ1v) is 10.7. The Morgan fingerprint density at radius 2 is 1.90 bits per heavy atom. The standard InChI is InChI=1S/C22H24N4O2S/c1-13-8-6-7-10-17(13)26-14(2)16(12-24-26)21(28)25-22-19(20(23)27)15-9-4-3-5-11-18(15)29-22/h6-8,10,12H,3-5,9,11H2,1-2H3,(H2,23,27)(H,25,28). The van der Waals surface area contributed by atoms with Crippen molar-refractivity contribution >= 4 is 28.2 Å². The lowest BCUT2D eigenvalue weighted by molar-refractivity contribution is 0.100. The summed E-state index contributed by atoms with van der Waals surface area (Å²) in [5.74, 6) is -0.756. The van der Waals surface area contributed by atoms with Crippen LogP contribution in [-0.4, -0.2) is 21.6 Å². The number of nitrogens with two attached hydrogens (primary N) is 1. The maximum atomic E-state index is 13.0. The number of fused-ring (bicyclic) bond motifs is 1. The van der Waals surface area contributed by atoms with E-state index >= 15 is 0 Å². The first-order valence-electron chi connectivity index (χ1n) is 9.83. The Balaban J connectivity index is 1.66. The predicted octanol–water partition coefficient (Wildman–Crippen LogP) is 4.17. The van der Waals surface area contributed by atoms with Gasteiger partial charge in [0.2, 0.25) is 0 Å². The third-order valence-corrected chi connectivity index (χ3v) is 6.70. The molecule has 2 amide bonds. The van der Waals surface area contributed by atoms with Crippen molar-refractivity contribution in [3.63, 3.8) is 0 Å². The van der Waals surface area contributed by atoms with Crippen LogP contribution < -0.4 is 11.1 Å². The van der Waals surface area contributed by atoms with E-state index in [1.807, 2.05) is 38.1 Å². The molecule has 2 heterocycles. The summed E-state index contributed by atoms with van der Waals surface area (Å²) in [5.41, 5.74) is 10.4. The molecule has 1 aliphatic rings. The summed E-state index contributed by atoms with van der Waals surface area (Å²) >= 11 is 1.48. The number of aryl methyl sites for hydroxylation is 2. The van der Waals surface area contributed by atoms with Gasteiger partial charge >= 0.3 is 0 Å². The van der Waals surface area contributed by atoms with Crippen LogP contribution in [0.2, 0.25) is 0 Å². The van der Waals surface area contributed by atoms with Crippen LogP contribution in [0.5, 0.6) is 0 Å². The summed E-state index contributed by atoms with van der Waals surface area (Å²) in [7, 11) is 0. The number of rotatable bonds is 4.